The number of amides is 1. The second-order valence-corrected chi connectivity index (χ2v) is 6.39. The molecule has 1 aliphatic heterocycles. The second kappa shape index (κ2) is 7.07. The largest absolute Gasteiger partial charge is 0.493 e. The lowest BCUT2D eigenvalue weighted by Gasteiger charge is -2.26. The number of carbonyl (C=O) groups is 1. The average molecular weight is 352 g/mol. The molecule has 1 aromatic heterocycles. The molecule has 134 valence electrons. The van der Waals surface area contributed by atoms with Crippen molar-refractivity contribution >= 4 is 17.0 Å². The fourth-order valence-corrected chi connectivity index (χ4v) is 3.38. The van der Waals surface area contributed by atoms with Gasteiger partial charge in [-0.05, 0) is 24.6 Å². The van der Waals surface area contributed by atoms with Crippen LogP contribution in [0.25, 0.3) is 11.1 Å². The molecule has 3 aromatic rings. The van der Waals surface area contributed by atoms with Gasteiger partial charge in [-0.3, -0.25) is 9.36 Å². The summed E-state index contributed by atoms with van der Waals surface area (Å²) < 4.78 is 12.4. The minimum atomic E-state index is -0.384. The topological polar surface area (TPSA) is 73.5 Å². The number of nitrogens with zero attached hydrogens (tertiary/aromatic N) is 1. The first-order valence-electron chi connectivity index (χ1n) is 8.82. The number of aromatic nitrogens is 1. The molecule has 1 atom stereocenters. The number of oxazole rings is 1. The molecule has 6 heteroatoms. The maximum absolute atomic E-state index is 12.3. The van der Waals surface area contributed by atoms with E-state index in [0.717, 1.165) is 23.3 Å². The first-order valence-corrected chi connectivity index (χ1v) is 8.82. The number of aryl methyl sites for hydroxylation is 1. The zero-order valence-corrected chi connectivity index (χ0v) is 14.3. The molecule has 2 aromatic carbocycles. The zero-order chi connectivity index (χ0) is 17.9. The molecule has 4 rings (SSSR count). The molecule has 0 fully saturated rings. The lowest BCUT2D eigenvalue weighted by Crippen LogP contribution is -2.32. The molecular formula is C20H20N2O4. The molecule has 0 aliphatic carbocycles. The number of ether oxygens (including phenoxy) is 1. The van der Waals surface area contributed by atoms with Crippen LogP contribution in [0.4, 0.5) is 0 Å². The molecule has 26 heavy (non-hydrogen) atoms. The van der Waals surface area contributed by atoms with Crippen LogP contribution in [-0.4, -0.2) is 17.1 Å². The Morgan fingerprint density at radius 2 is 1.96 bits per heavy atom. The molecule has 0 saturated heterocycles. The van der Waals surface area contributed by atoms with Gasteiger partial charge in [0.2, 0.25) is 5.91 Å². The summed E-state index contributed by atoms with van der Waals surface area (Å²) in [5.41, 5.74) is 2.35. The third-order valence-corrected chi connectivity index (χ3v) is 4.65. The lowest BCUT2D eigenvalue weighted by atomic mass is 10.0. The van der Waals surface area contributed by atoms with Crippen LogP contribution in [0.15, 0.2) is 57.7 Å². The van der Waals surface area contributed by atoms with E-state index in [1.54, 1.807) is 10.6 Å². The van der Waals surface area contributed by atoms with Crippen molar-refractivity contribution in [3.05, 3.63) is 64.6 Å². The summed E-state index contributed by atoms with van der Waals surface area (Å²) in [7, 11) is 0. The maximum Gasteiger partial charge on any atom is 0.419 e. The van der Waals surface area contributed by atoms with Crippen LogP contribution in [0.3, 0.4) is 0 Å². The fraction of sp³-hybridized carbons (Fsp3) is 0.300. The van der Waals surface area contributed by atoms with Crippen LogP contribution in [0.1, 0.15) is 30.9 Å². The van der Waals surface area contributed by atoms with Crippen LogP contribution in [-0.2, 0) is 11.3 Å². The van der Waals surface area contributed by atoms with Crippen molar-refractivity contribution < 1.29 is 13.9 Å². The van der Waals surface area contributed by atoms with Gasteiger partial charge in [0, 0.05) is 24.9 Å². The molecule has 0 spiro atoms. The molecule has 0 saturated carbocycles. The molecular weight excluding hydrogens is 332 g/mol. The van der Waals surface area contributed by atoms with E-state index in [2.05, 4.69) is 5.32 Å². The summed E-state index contributed by atoms with van der Waals surface area (Å²) >= 11 is 0. The number of para-hydroxylation sites is 3. The van der Waals surface area contributed by atoms with Gasteiger partial charge < -0.3 is 14.5 Å². The Morgan fingerprint density at radius 3 is 2.88 bits per heavy atom. The molecule has 1 N–H and O–H groups in total. The summed E-state index contributed by atoms with van der Waals surface area (Å²) in [6.45, 7) is 1.05. The van der Waals surface area contributed by atoms with Crippen LogP contribution in [0.2, 0.25) is 0 Å². The van der Waals surface area contributed by atoms with Gasteiger partial charge in [0.05, 0.1) is 18.2 Å². The summed E-state index contributed by atoms with van der Waals surface area (Å²) in [6, 6.07) is 15.1. The molecule has 0 radical (unpaired) electrons. The van der Waals surface area contributed by atoms with Crippen molar-refractivity contribution in [1.29, 1.82) is 0 Å². The van der Waals surface area contributed by atoms with E-state index in [1.165, 1.54) is 0 Å². The summed E-state index contributed by atoms with van der Waals surface area (Å²) in [5, 5.41) is 3.08. The fourth-order valence-electron chi connectivity index (χ4n) is 3.38. The molecule has 2 heterocycles. The highest BCUT2D eigenvalue weighted by Gasteiger charge is 2.22. The van der Waals surface area contributed by atoms with Crippen molar-refractivity contribution in [1.82, 2.24) is 9.88 Å². The predicted octanol–water partition coefficient (Wildman–Crippen LogP) is 3.01. The van der Waals surface area contributed by atoms with Gasteiger partial charge in [-0.15, -0.1) is 0 Å². The Kier molecular flexibility index (Phi) is 4.48. The zero-order valence-electron chi connectivity index (χ0n) is 14.3. The van der Waals surface area contributed by atoms with Gasteiger partial charge in [-0.2, -0.15) is 0 Å². The minimum absolute atomic E-state index is 0.0208. The predicted molar refractivity (Wildman–Crippen MR) is 97.1 cm³/mol. The normalized spacial score (nSPS) is 16.1. The molecule has 6 nitrogen and oxygen atoms in total. The first-order chi connectivity index (χ1) is 12.7. The number of rotatable bonds is 5. The molecule has 0 bridgehead atoms. The Hall–Kier alpha value is -3.02. The number of fused-ring (bicyclic) bond motifs is 2. The number of hydrogen-bond donors (Lipinski definition) is 1. The van der Waals surface area contributed by atoms with Gasteiger partial charge in [-0.1, -0.05) is 30.3 Å². The van der Waals surface area contributed by atoms with Gasteiger partial charge in [0.1, 0.15) is 5.75 Å². The molecule has 0 unspecified atom stereocenters. The van der Waals surface area contributed by atoms with Gasteiger partial charge in [0.15, 0.2) is 5.58 Å². The van der Waals surface area contributed by atoms with Crippen molar-refractivity contribution in [2.45, 2.75) is 31.8 Å². The number of nitrogens with one attached hydrogen (secondary N) is 1. The summed E-state index contributed by atoms with van der Waals surface area (Å²) in [5.74, 6) is 0.429. The number of carbonyl (C=O) groups excluding carboxylic acids is 1. The average Bonchev–Trinajstić information content (AvgIpc) is 2.98. The Morgan fingerprint density at radius 1 is 1.15 bits per heavy atom. The van der Waals surface area contributed by atoms with Gasteiger partial charge in [-0.25, -0.2) is 4.79 Å². The number of hydrogen-bond acceptors (Lipinski definition) is 4. The molecule has 1 aliphatic rings. The van der Waals surface area contributed by atoms with Crippen LogP contribution in [0, 0.1) is 0 Å². The van der Waals surface area contributed by atoms with Crippen molar-refractivity contribution in [2.75, 3.05) is 6.61 Å². The van der Waals surface area contributed by atoms with E-state index in [1.807, 2.05) is 42.5 Å². The van der Waals surface area contributed by atoms with E-state index in [0.29, 0.717) is 31.6 Å². The van der Waals surface area contributed by atoms with Crippen molar-refractivity contribution in [2.24, 2.45) is 0 Å². The highest BCUT2D eigenvalue weighted by atomic mass is 16.5. The smallest absolute Gasteiger partial charge is 0.419 e. The Bertz CT molecular complexity index is 989. The SMILES string of the molecule is O=C(CCCn1c(=O)oc2ccccc21)N[C@@H]1CCOc2ccccc21. The Balaban J connectivity index is 1.36. The molecule has 1 amide bonds. The maximum atomic E-state index is 12.3. The van der Waals surface area contributed by atoms with Gasteiger partial charge >= 0.3 is 5.76 Å². The van der Waals surface area contributed by atoms with E-state index in [4.69, 9.17) is 9.15 Å². The van der Waals surface area contributed by atoms with Gasteiger partial charge in [0.25, 0.3) is 0 Å². The van der Waals surface area contributed by atoms with Crippen molar-refractivity contribution in [3.63, 3.8) is 0 Å². The third-order valence-electron chi connectivity index (χ3n) is 4.65. The first kappa shape index (κ1) is 16.4. The van der Waals surface area contributed by atoms with Crippen LogP contribution >= 0.6 is 0 Å². The van der Waals surface area contributed by atoms with Crippen LogP contribution < -0.4 is 15.8 Å². The third kappa shape index (κ3) is 3.22. The number of benzene rings is 2. The van der Waals surface area contributed by atoms with Crippen molar-refractivity contribution in [3.8, 4) is 5.75 Å². The quantitative estimate of drug-likeness (QED) is 0.766. The monoisotopic (exact) mass is 352 g/mol. The van der Waals surface area contributed by atoms with E-state index < -0.39 is 0 Å². The minimum Gasteiger partial charge on any atom is -0.493 e. The van der Waals surface area contributed by atoms with E-state index in [-0.39, 0.29) is 17.7 Å². The standard InChI is InChI=1S/C20H20N2O4/c23-19(21-15-11-13-25-17-8-3-1-6-14(15)17)10-5-12-22-16-7-2-4-9-18(16)26-20(22)24/h1-4,6-9,15H,5,10-13H2,(H,21,23)/t15-/m1/s1. The van der Waals surface area contributed by atoms with E-state index in [9.17, 15) is 9.59 Å². The highest BCUT2D eigenvalue weighted by Crippen LogP contribution is 2.31. The highest BCUT2D eigenvalue weighted by molar-refractivity contribution is 5.76. The Labute approximate surface area is 150 Å². The van der Waals surface area contributed by atoms with E-state index >= 15 is 0 Å². The second-order valence-electron chi connectivity index (χ2n) is 6.39. The van der Waals surface area contributed by atoms with Crippen LogP contribution in [0.5, 0.6) is 5.75 Å². The lowest BCUT2D eigenvalue weighted by molar-refractivity contribution is -0.122. The summed E-state index contributed by atoms with van der Waals surface area (Å²) in [6.07, 6.45) is 1.68. The summed E-state index contributed by atoms with van der Waals surface area (Å²) in [4.78, 5) is 24.3.